The number of nitrogens with zero attached hydrogens (tertiary/aromatic N) is 1. The first kappa shape index (κ1) is 13.4. The molecule has 2 heteroatoms. The van der Waals surface area contributed by atoms with Crippen LogP contribution in [0.1, 0.15) is 65.2 Å². The van der Waals surface area contributed by atoms with Gasteiger partial charge in [-0.05, 0) is 44.6 Å². The van der Waals surface area contributed by atoms with Gasteiger partial charge in [0.25, 0.3) is 0 Å². The minimum absolute atomic E-state index is 0.119. The van der Waals surface area contributed by atoms with Crippen molar-refractivity contribution in [3.8, 4) is 0 Å². The van der Waals surface area contributed by atoms with Gasteiger partial charge in [-0.15, -0.1) is 0 Å². The van der Waals surface area contributed by atoms with Crippen molar-refractivity contribution in [2.24, 2.45) is 11.7 Å². The van der Waals surface area contributed by atoms with Crippen molar-refractivity contribution in [2.75, 3.05) is 13.1 Å². The van der Waals surface area contributed by atoms with Crippen LogP contribution < -0.4 is 5.73 Å². The molecule has 2 aliphatic carbocycles. The topological polar surface area (TPSA) is 29.3 Å². The Bertz CT molecular complexity index is 237. The second-order valence-electron chi connectivity index (χ2n) is 6.62. The molecule has 0 heterocycles. The Morgan fingerprint density at radius 1 is 1.29 bits per heavy atom. The molecule has 2 rings (SSSR count). The Labute approximate surface area is 107 Å². The van der Waals surface area contributed by atoms with E-state index in [1.165, 1.54) is 57.9 Å². The summed E-state index contributed by atoms with van der Waals surface area (Å²) in [6, 6.07) is 0.874. The predicted molar refractivity (Wildman–Crippen MR) is 74.1 cm³/mol. The summed E-state index contributed by atoms with van der Waals surface area (Å²) in [7, 11) is 0. The lowest BCUT2D eigenvalue weighted by Crippen LogP contribution is -2.53. The molecule has 0 aliphatic heterocycles. The molecule has 2 N–H and O–H groups in total. The van der Waals surface area contributed by atoms with Gasteiger partial charge in [-0.2, -0.15) is 0 Å². The highest BCUT2D eigenvalue weighted by Gasteiger charge is 2.37. The Kier molecular flexibility index (Phi) is 4.48. The quantitative estimate of drug-likeness (QED) is 0.770. The summed E-state index contributed by atoms with van der Waals surface area (Å²) in [6.45, 7) is 7.08. The van der Waals surface area contributed by atoms with Crippen LogP contribution in [0.15, 0.2) is 0 Å². The van der Waals surface area contributed by atoms with E-state index < -0.39 is 0 Å². The fourth-order valence-corrected chi connectivity index (χ4v) is 3.44. The van der Waals surface area contributed by atoms with Gasteiger partial charge in [-0.3, -0.25) is 4.90 Å². The molecule has 2 saturated carbocycles. The number of nitrogens with two attached hydrogens (primary N) is 1. The van der Waals surface area contributed by atoms with Crippen molar-refractivity contribution in [3.63, 3.8) is 0 Å². The molecule has 0 aromatic rings. The molecule has 0 bridgehead atoms. The first-order valence-corrected chi connectivity index (χ1v) is 7.66. The van der Waals surface area contributed by atoms with Gasteiger partial charge in [-0.25, -0.2) is 0 Å². The summed E-state index contributed by atoms with van der Waals surface area (Å²) >= 11 is 0. The van der Waals surface area contributed by atoms with Crippen LogP contribution in [0.2, 0.25) is 0 Å². The van der Waals surface area contributed by atoms with E-state index in [-0.39, 0.29) is 5.54 Å². The van der Waals surface area contributed by atoms with Crippen molar-refractivity contribution < 1.29 is 0 Å². The molecular weight excluding hydrogens is 208 g/mol. The van der Waals surface area contributed by atoms with Gasteiger partial charge in [0, 0.05) is 18.1 Å². The number of hydrogen-bond acceptors (Lipinski definition) is 2. The molecular formula is C15H30N2. The largest absolute Gasteiger partial charge is 0.324 e. The van der Waals surface area contributed by atoms with Gasteiger partial charge in [0.05, 0.1) is 0 Å². The maximum Gasteiger partial charge on any atom is 0.0286 e. The summed E-state index contributed by atoms with van der Waals surface area (Å²) < 4.78 is 0. The third-order valence-electron chi connectivity index (χ3n) is 4.51. The lowest BCUT2D eigenvalue weighted by molar-refractivity contribution is 0.143. The molecule has 0 aromatic carbocycles. The summed E-state index contributed by atoms with van der Waals surface area (Å²) in [5.74, 6) is 0.834. The van der Waals surface area contributed by atoms with Crippen LogP contribution in [0.3, 0.4) is 0 Å². The van der Waals surface area contributed by atoms with Crippen molar-refractivity contribution in [2.45, 2.75) is 76.8 Å². The maximum atomic E-state index is 6.65. The SMILES string of the molecule is CCCCN(CC1(N)CCCC(C)C1)C1CC1. The van der Waals surface area contributed by atoms with Crippen LogP contribution in [-0.2, 0) is 0 Å². The lowest BCUT2D eigenvalue weighted by atomic mass is 9.76. The van der Waals surface area contributed by atoms with E-state index in [2.05, 4.69) is 18.7 Å². The van der Waals surface area contributed by atoms with Crippen LogP contribution in [0.25, 0.3) is 0 Å². The second-order valence-corrected chi connectivity index (χ2v) is 6.62. The monoisotopic (exact) mass is 238 g/mol. The van der Waals surface area contributed by atoms with Gasteiger partial charge < -0.3 is 5.73 Å². The normalized spacial score (nSPS) is 34.2. The molecule has 0 saturated heterocycles. The third kappa shape index (κ3) is 3.96. The fraction of sp³-hybridized carbons (Fsp3) is 1.00. The van der Waals surface area contributed by atoms with Crippen molar-refractivity contribution in [3.05, 3.63) is 0 Å². The second kappa shape index (κ2) is 5.71. The standard InChI is InChI=1S/C15H30N2/c1-3-4-10-17(14-7-8-14)12-15(16)9-5-6-13(2)11-15/h13-14H,3-12,16H2,1-2H3. The van der Waals surface area contributed by atoms with E-state index in [0.717, 1.165) is 18.5 Å². The van der Waals surface area contributed by atoms with Gasteiger partial charge in [0.2, 0.25) is 0 Å². The van der Waals surface area contributed by atoms with Gasteiger partial charge in [-0.1, -0.05) is 33.1 Å². The number of hydrogen-bond donors (Lipinski definition) is 1. The molecule has 0 amide bonds. The molecule has 17 heavy (non-hydrogen) atoms. The molecule has 0 radical (unpaired) electrons. The smallest absolute Gasteiger partial charge is 0.0286 e. The van der Waals surface area contributed by atoms with Crippen LogP contribution in [-0.4, -0.2) is 29.6 Å². The van der Waals surface area contributed by atoms with Crippen LogP contribution in [0, 0.1) is 5.92 Å². The third-order valence-corrected chi connectivity index (χ3v) is 4.51. The maximum absolute atomic E-state index is 6.65. The molecule has 100 valence electrons. The Balaban J connectivity index is 1.86. The minimum atomic E-state index is 0.119. The summed E-state index contributed by atoms with van der Waals surface area (Å²) in [6.07, 6.45) is 10.7. The molecule has 2 unspecified atom stereocenters. The highest BCUT2D eigenvalue weighted by molar-refractivity contribution is 4.96. The van der Waals surface area contributed by atoms with E-state index in [4.69, 9.17) is 5.73 Å². The minimum Gasteiger partial charge on any atom is -0.324 e. The summed E-state index contributed by atoms with van der Waals surface area (Å²) in [5.41, 5.74) is 6.77. The zero-order valence-electron chi connectivity index (χ0n) is 11.8. The Morgan fingerprint density at radius 3 is 2.65 bits per heavy atom. The average Bonchev–Trinajstić information content (AvgIpc) is 3.07. The Morgan fingerprint density at radius 2 is 2.06 bits per heavy atom. The van der Waals surface area contributed by atoms with Crippen LogP contribution in [0.5, 0.6) is 0 Å². The summed E-state index contributed by atoms with van der Waals surface area (Å²) in [5, 5.41) is 0. The number of unbranched alkanes of at least 4 members (excludes halogenated alkanes) is 1. The zero-order valence-corrected chi connectivity index (χ0v) is 11.8. The molecule has 0 aromatic heterocycles. The van der Waals surface area contributed by atoms with E-state index in [9.17, 15) is 0 Å². The molecule has 2 aliphatic rings. The van der Waals surface area contributed by atoms with Gasteiger partial charge in [0.1, 0.15) is 0 Å². The highest BCUT2D eigenvalue weighted by Crippen LogP contribution is 2.34. The predicted octanol–water partition coefficient (Wildman–Crippen LogP) is 3.16. The first-order valence-electron chi connectivity index (χ1n) is 7.66. The van der Waals surface area contributed by atoms with E-state index in [1.54, 1.807) is 0 Å². The van der Waals surface area contributed by atoms with Crippen LogP contribution in [0.4, 0.5) is 0 Å². The van der Waals surface area contributed by atoms with Gasteiger partial charge in [0.15, 0.2) is 0 Å². The number of rotatable bonds is 6. The van der Waals surface area contributed by atoms with E-state index in [0.29, 0.717) is 0 Å². The van der Waals surface area contributed by atoms with Crippen molar-refractivity contribution >= 4 is 0 Å². The lowest BCUT2D eigenvalue weighted by Gasteiger charge is -2.40. The van der Waals surface area contributed by atoms with Crippen LogP contribution >= 0.6 is 0 Å². The fourth-order valence-electron chi connectivity index (χ4n) is 3.44. The highest BCUT2D eigenvalue weighted by atomic mass is 15.2. The van der Waals surface area contributed by atoms with Crippen molar-refractivity contribution in [1.82, 2.24) is 4.90 Å². The molecule has 2 fully saturated rings. The molecule has 0 spiro atoms. The van der Waals surface area contributed by atoms with E-state index in [1.807, 2.05) is 0 Å². The molecule has 2 atom stereocenters. The summed E-state index contributed by atoms with van der Waals surface area (Å²) in [4.78, 5) is 2.70. The zero-order chi connectivity index (χ0) is 12.3. The Hall–Kier alpha value is -0.0800. The van der Waals surface area contributed by atoms with Gasteiger partial charge >= 0.3 is 0 Å². The van der Waals surface area contributed by atoms with E-state index >= 15 is 0 Å². The average molecular weight is 238 g/mol. The molecule has 2 nitrogen and oxygen atoms in total. The first-order chi connectivity index (χ1) is 8.13. The van der Waals surface area contributed by atoms with Crippen molar-refractivity contribution in [1.29, 1.82) is 0 Å².